The van der Waals surface area contributed by atoms with Crippen LogP contribution >= 0.6 is 23.2 Å². The molecule has 0 bridgehead atoms. The molecule has 0 unspecified atom stereocenters. The van der Waals surface area contributed by atoms with Crippen LogP contribution in [0.15, 0.2) is 64.6 Å². The first-order chi connectivity index (χ1) is 15.9. The van der Waals surface area contributed by atoms with E-state index in [4.69, 9.17) is 32.4 Å². The lowest BCUT2D eigenvalue weighted by atomic mass is 10.2. The van der Waals surface area contributed by atoms with Crippen LogP contribution in [0.4, 0.5) is 5.69 Å². The fourth-order valence-corrected chi connectivity index (χ4v) is 3.22. The maximum absolute atomic E-state index is 12.5. The normalized spacial score (nSPS) is 11.0. The van der Waals surface area contributed by atoms with E-state index in [0.29, 0.717) is 45.0 Å². The second-order valence-corrected chi connectivity index (χ2v) is 7.86. The number of esters is 1. The highest BCUT2D eigenvalue weighted by Gasteiger charge is 2.14. The number of carbonyl (C=O) groups is 2. The Labute approximate surface area is 201 Å². The molecule has 33 heavy (non-hydrogen) atoms. The van der Waals surface area contributed by atoms with Crippen molar-refractivity contribution < 1.29 is 18.7 Å². The molecule has 6 nitrogen and oxygen atoms in total. The summed E-state index contributed by atoms with van der Waals surface area (Å²) in [7, 11) is 0. The van der Waals surface area contributed by atoms with E-state index in [1.165, 1.54) is 6.08 Å². The molecule has 0 aliphatic rings. The van der Waals surface area contributed by atoms with Crippen molar-refractivity contribution in [1.29, 1.82) is 5.26 Å². The van der Waals surface area contributed by atoms with E-state index in [1.807, 2.05) is 13.0 Å². The average molecular weight is 483 g/mol. The van der Waals surface area contributed by atoms with Gasteiger partial charge in [-0.25, -0.2) is 4.79 Å². The Balaban J connectivity index is 1.69. The van der Waals surface area contributed by atoms with Gasteiger partial charge in [0.05, 0.1) is 17.2 Å². The number of hydrogen-bond acceptors (Lipinski definition) is 5. The van der Waals surface area contributed by atoms with Crippen LogP contribution in [-0.2, 0) is 9.53 Å². The monoisotopic (exact) mass is 482 g/mol. The lowest BCUT2D eigenvalue weighted by Gasteiger charge is -2.06. The number of hydrogen-bond donors (Lipinski definition) is 1. The minimum atomic E-state index is -0.616. The van der Waals surface area contributed by atoms with Crippen molar-refractivity contribution in [2.75, 3.05) is 11.9 Å². The zero-order valence-corrected chi connectivity index (χ0v) is 19.2. The molecule has 1 aromatic heterocycles. The van der Waals surface area contributed by atoms with Crippen molar-refractivity contribution in [3.8, 4) is 17.4 Å². The van der Waals surface area contributed by atoms with Crippen LogP contribution in [0.5, 0.6) is 0 Å². The van der Waals surface area contributed by atoms with Crippen LogP contribution in [0.1, 0.15) is 35.9 Å². The molecule has 8 heteroatoms. The summed E-state index contributed by atoms with van der Waals surface area (Å²) in [6.07, 6.45) is 3.06. The second-order valence-electron chi connectivity index (χ2n) is 7.02. The van der Waals surface area contributed by atoms with Gasteiger partial charge in [0.15, 0.2) is 0 Å². The van der Waals surface area contributed by atoms with E-state index in [-0.39, 0.29) is 5.57 Å². The number of ether oxygens (including phenoxy) is 1. The number of unbranched alkanes of at least 4 members (excludes halogenated alkanes) is 1. The molecule has 0 spiro atoms. The zero-order valence-electron chi connectivity index (χ0n) is 17.7. The van der Waals surface area contributed by atoms with E-state index in [2.05, 4.69) is 5.32 Å². The summed E-state index contributed by atoms with van der Waals surface area (Å²) in [5, 5.41) is 13.0. The van der Waals surface area contributed by atoms with Crippen LogP contribution in [0.25, 0.3) is 17.4 Å². The maximum atomic E-state index is 12.5. The van der Waals surface area contributed by atoms with Crippen LogP contribution in [-0.4, -0.2) is 18.5 Å². The molecular weight excluding hydrogens is 463 g/mol. The molecular formula is C25H20Cl2N2O4. The molecule has 0 saturated carbocycles. The first-order valence-electron chi connectivity index (χ1n) is 10.2. The van der Waals surface area contributed by atoms with Gasteiger partial charge in [-0.3, -0.25) is 4.79 Å². The molecule has 0 atom stereocenters. The Kier molecular flexibility index (Phi) is 8.31. The van der Waals surface area contributed by atoms with Gasteiger partial charge in [-0.1, -0.05) is 36.5 Å². The Hall–Kier alpha value is -3.53. The number of furan rings is 1. The fourth-order valence-electron chi connectivity index (χ4n) is 2.83. The summed E-state index contributed by atoms with van der Waals surface area (Å²) in [5.74, 6) is -0.285. The highest BCUT2D eigenvalue weighted by molar-refractivity contribution is 6.35. The van der Waals surface area contributed by atoms with Crippen molar-refractivity contribution in [3.63, 3.8) is 0 Å². The van der Waals surface area contributed by atoms with E-state index in [1.54, 1.807) is 54.6 Å². The van der Waals surface area contributed by atoms with Gasteiger partial charge in [0.2, 0.25) is 0 Å². The largest absolute Gasteiger partial charge is 0.462 e. The molecule has 1 amide bonds. The van der Waals surface area contributed by atoms with Crippen molar-refractivity contribution >= 4 is 46.8 Å². The van der Waals surface area contributed by atoms with Crippen molar-refractivity contribution in [2.45, 2.75) is 19.8 Å². The third kappa shape index (κ3) is 6.48. The van der Waals surface area contributed by atoms with Gasteiger partial charge >= 0.3 is 5.97 Å². The van der Waals surface area contributed by atoms with Crippen molar-refractivity contribution in [3.05, 3.63) is 81.5 Å². The number of nitriles is 1. The van der Waals surface area contributed by atoms with Gasteiger partial charge in [0.1, 0.15) is 23.2 Å². The Morgan fingerprint density at radius 3 is 2.58 bits per heavy atom. The van der Waals surface area contributed by atoms with Crippen LogP contribution in [0.2, 0.25) is 10.0 Å². The highest BCUT2D eigenvalue weighted by atomic mass is 35.5. The fraction of sp³-hybridized carbons (Fsp3) is 0.160. The van der Waals surface area contributed by atoms with E-state index in [0.717, 1.165) is 12.8 Å². The number of anilines is 1. The van der Waals surface area contributed by atoms with Gasteiger partial charge in [-0.05, 0) is 61.0 Å². The summed E-state index contributed by atoms with van der Waals surface area (Å²) in [5.41, 5.74) is 1.25. The number of halogens is 2. The first kappa shape index (κ1) is 24.1. The van der Waals surface area contributed by atoms with Gasteiger partial charge in [-0.15, -0.1) is 0 Å². The van der Waals surface area contributed by atoms with Gasteiger partial charge < -0.3 is 14.5 Å². The van der Waals surface area contributed by atoms with Crippen molar-refractivity contribution in [2.24, 2.45) is 0 Å². The summed E-state index contributed by atoms with van der Waals surface area (Å²) in [4.78, 5) is 24.5. The van der Waals surface area contributed by atoms with Crippen LogP contribution in [0.3, 0.4) is 0 Å². The minimum Gasteiger partial charge on any atom is -0.462 e. The molecule has 3 aromatic rings. The number of benzene rings is 2. The Morgan fingerprint density at radius 2 is 1.88 bits per heavy atom. The summed E-state index contributed by atoms with van der Waals surface area (Å²) in [6.45, 7) is 2.37. The second kappa shape index (κ2) is 11.4. The predicted molar refractivity (Wildman–Crippen MR) is 128 cm³/mol. The van der Waals surface area contributed by atoms with Gasteiger partial charge in [-0.2, -0.15) is 5.26 Å². The molecule has 2 aromatic carbocycles. The molecule has 0 aliphatic heterocycles. The maximum Gasteiger partial charge on any atom is 0.338 e. The lowest BCUT2D eigenvalue weighted by Crippen LogP contribution is -2.13. The summed E-state index contributed by atoms with van der Waals surface area (Å²) < 4.78 is 10.9. The van der Waals surface area contributed by atoms with Crippen molar-refractivity contribution in [1.82, 2.24) is 0 Å². The number of nitrogens with zero attached hydrogens (tertiary/aromatic N) is 1. The molecule has 0 aliphatic carbocycles. The lowest BCUT2D eigenvalue weighted by molar-refractivity contribution is -0.112. The average Bonchev–Trinajstić information content (AvgIpc) is 3.28. The smallest absolute Gasteiger partial charge is 0.338 e. The van der Waals surface area contributed by atoms with Gasteiger partial charge in [0, 0.05) is 22.3 Å². The predicted octanol–water partition coefficient (Wildman–Crippen LogP) is 6.76. The summed E-state index contributed by atoms with van der Waals surface area (Å²) in [6, 6.07) is 16.4. The van der Waals surface area contributed by atoms with Crippen LogP contribution in [0, 0.1) is 11.3 Å². The summed E-state index contributed by atoms with van der Waals surface area (Å²) >= 11 is 12.2. The molecule has 168 valence electrons. The third-order valence-corrected chi connectivity index (χ3v) is 5.15. The molecule has 1 heterocycles. The number of nitrogens with one attached hydrogen (secondary N) is 1. The third-order valence-electron chi connectivity index (χ3n) is 4.58. The molecule has 0 fully saturated rings. The van der Waals surface area contributed by atoms with E-state index < -0.39 is 11.9 Å². The number of rotatable bonds is 8. The topological polar surface area (TPSA) is 92.3 Å². The molecule has 0 radical (unpaired) electrons. The van der Waals surface area contributed by atoms with E-state index in [9.17, 15) is 14.9 Å². The highest BCUT2D eigenvalue weighted by Crippen LogP contribution is 2.32. The number of carbonyl (C=O) groups excluding carboxylic acids is 2. The quantitative estimate of drug-likeness (QED) is 0.166. The standard InChI is InChI=1S/C25H20Cl2N2O4/c1-2-3-12-32-25(31)16-4-7-19(8-5-16)29-24(30)17(15-28)13-20-9-11-23(33-20)21-14-18(26)6-10-22(21)27/h4-11,13-14H,2-3,12H2,1H3,(H,29,30)/b17-13+. The minimum absolute atomic E-state index is 0.156. The Morgan fingerprint density at radius 1 is 1.12 bits per heavy atom. The Bertz CT molecular complexity index is 1220. The first-order valence-corrected chi connectivity index (χ1v) is 10.9. The SMILES string of the molecule is CCCCOC(=O)c1ccc(NC(=O)/C(C#N)=C/c2ccc(-c3cc(Cl)ccc3Cl)o2)cc1. The zero-order chi connectivity index (χ0) is 23.8. The molecule has 0 saturated heterocycles. The van der Waals surface area contributed by atoms with Crippen LogP contribution < -0.4 is 5.32 Å². The number of amides is 1. The van der Waals surface area contributed by atoms with Gasteiger partial charge in [0.25, 0.3) is 5.91 Å². The molecule has 3 rings (SSSR count). The van der Waals surface area contributed by atoms with E-state index >= 15 is 0 Å². The molecule has 1 N–H and O–H groups in total.